The van der Waals surface area contributed by atoms with E-state index in [1.807, 2.05) is 60.4 Å². The minimum Gasteiger partial charge on any atom is -0.481 e. The molecule has 0 spiro atoms. The van der Waals surface area contributed by atoms with Crippen LogP contribution in [0.25, 0.3) is 0 Å². The molecule has 2 N–H and O–H groups in total. The molecule has 3 rings (SSSR count). The number of piperidine rings is 1. The summed E-state index contributed by atoms with van der Waals surface area (Å²) in [6.45, 7) is 7.31. The molecule has 0 bridgehead atoms. The van der Waals surface area contributed by atoms with Gasteiger partial charge in [-0.1, -0.05) is 61.3 Å². The Morgan fingerprint density at radius 1 is 1.14 bits per heavy atom. The van der Waals surface area contributed by atoms with Crippen LogP contribution in [0.15, 0.2) is 48.5 Å². The number of halogens is 2. The molecule has 1 fully saturated rings. The summed E-state index contributed by atoms with van der Waals surface area (Å²) in [6, 6.07) is 14.6. The molecule has 2 aromatic rings. The summed E-state index contributed by atoms with van der Waals surface area (Å²) in [5.41, 5.74) is -0.0569. The van der Waals surface area contributed by atoms with E-state index in [0.29, 0.717) is 35.7 Å². The highest BCUT2D eigenvalue weighted by molar-refractivity contribution is 6.30. The molecule has 190 valence electrons. The number of hydrogen-bond donors (Lipinski definition) is 2. The second-order valence-corrected chi connectivity index (χ2v) is 11.5. The first-order chi connectivity index (χ1) is 16.3. The zero-order valence-corrected chi connectivity index (χ0v) is 22.3. The van der Waals surface area contributed by atoms with Gasteiger partial charge in [0, 0.05) is 22.0 Å². The molecular weight excluding hydrogens is 485 g/mol. The number of aliphatic hydroxyl groups is 1. The minimum atomic E-state index is -1.08. The van der Waals surface area contributed by atoms with E-state index in [1.165, 1.54) is 0 Å². The minimum absolute atomic E-state index is 0.166. The van der Waals surface area contributed by atoms with E-state index in [4.69, 9.17) is 23.2 Å². The molecule has 0 aromatic heterocycles. The van der Waals surface area contributed by atoms with Crippen molar-refractivity contribution in [2.75, 3.05) is 0 Å². The van der Waals surface area contributed by atoms with E-state index in [1.54, 1.807) is 20.8 Å². The molecule has 0 saturated carbocycles. The van der Waals surface area contributed by atoms with Crippen molar-refractivity contribution < 1.29 is 19.8 Å². The SMILES string of the molecule is CC[C@@H](CCC(C)(C)O)N1C(=O)[C@@](C)(CC(=O)O)C[C@H](c2cccc(Cl)c2)[C@H]1c1ccc(Cl)cc1. The van der Waals surface area contributed by atoms with Gasteiger partial charge < -0.3 is 15.1 Å². The van der Waals surface area contributed by atoms with Gasteiger partial charge in [0.1, 0.15) is 0 Å². The van der Waals surface area contributed by atoms with Crippen molar-refractivity contribution in [3.05, 3.63) is 69.7 Å². The third-order valence-corrected chi connectivity index (χ3v) is 7.57. The second kappa shape index (κ2) is 10.9. The third-order valence-electron chi connectivity index (χ3n) is 7.09. The molecule has 7 heteroatoms. The predicted molar refractivity (Wildman–Crippen MR) is 140 cm³/mol. The number of amides is 1. The van der Waals surface area contributed by atoms with Crippen LogP contribution in [-0.4, -0.2) is 38.6 Å². The fourth-order valence-electron chi connectivity index (χ4n) is 5.34. The Morgan fingerprint density at radius 3 is 2.34 bits per heavy atom. The molecule has 1 saturated heterocycles. The van der Waals surface area contributed by atoms with Gasteiger partial charge in [-0.25, -0.2) is 0 Å². The van der Waals surface area contributed by atoms with Gasteiger partial charge in [-0.3, -0.25) is 9.59 Å². The standard InChI is InChI=1S/C28H35Cl2NO4/c1-5-22(13-14-27(2,3)35)31-25(18-9-11-20(29)12-10-18)23(19-7-6-8-21(30)15-19)16-28(4,26(31)34)17-24(32)33/h6-12,15,22-23,25,35H,5,13-14,16-17H2,1-4H3,(H,32,33)/t22-,23+,25+,28+/m0/s1. The van der Waals surface area contributed by atoms with E-state index < -0.39 is 17.0 Å². The van der Waals surface area contributed by atoms with Gasteiger partial charge in [0.05, 0.1) is 23.5 Å². The summed E-state index contributed by atoms with van der Waals surface area (Å²) in [6.07, 6.45) is 1.91. The van der Waals surface area contributed by atoms with Gasteiger partial charge in [-0.15, -0.1) is 0 Å². The maximum atomic E-state index is 14.2. The van der Waals surface area contributed by atoms with Crippen LogP contribution in [0.4, 0.5) is 0 Å². The fraction of sp³-hybridized carbons (Fsp3) is 0.500. The topological polar surface area (TPSA) is 77.8 Å². The Balaban J connectivity index is 2.20. The van der Waals surface area contributed by atoms with E-state index in [9.17, 15) is 19.8 Å². The third kappa shape index (κ3) is 6.58. The number of carboxylic acids is 1. The largest absolute Gasteiger partial charge is 0.481 e. The van der Waals surface area contributed by atoms with Gasteiger partial charge in [0.2, 0.25) is 5.91 Å². The van der Waals surface area contributed by atoms with Crippen LogP contribution in [-0.2, 0) is 9.59 Å². The lowest BCUT2D eigenvalue weighted by Crippen LogP contribution is -2.56. The highest BCUT2D eigenvalue weighted by Crippen LogP contribution is 2.52. The van der Waals surface area contributed by atoms with Crippen LogP contribution in [0, 0.1) is 5.41 Å². The Labute approximate surface area is 218 Å². The summed E-state index contributed by atoms with van der Waals surface area (Å²) in [4.78, 5) is 27.9. The molecule has 0 aliphatic carbocycles. The molecule has 0 unspecified atom stereocenters. The fourth-order valence-corrected chi connectivity index (χ4v) is 5.67. The zero-order valence-electron chi connectivity index (χ0n) is 20.8. The number of rotatable bonds is 9. The average Bonchev–Trinajstić information content (AvgIpc) is 2.76. The van der Waals surface area contributed by atoms with Crippen molar-refractivity contribution in [3.63, 3.8) is 0 Å². The summed E-state index contributed by atoms with van der Waals surface area (Å²) < 4.78 is 0. The first-order valence-electron chi connectivity index (χ1n) is 12.1. The number of carbonyl (C=O) groups excluding carboxylic acids is 1. The normalized spacial score (nSPS) is 23.9. The van der Waals surface area contributed by atoms with Crippen molar-refractivity contribution in [1.29, 1.82) is 0 Å². The van der Waals surface area contributed by atoms with Crippen LogP contribution < -0.4 is 0 Å². The predicted octanol–water partition coefficient (Wildman–Crippen LogP) is 6.86. The molecule has 0 radical (unpaired) electrons. The Hall–Kier alpha value is -2.08. The van der Waals surface area contributed by atoms with Crippen molar-refractivity contribution in [3.8, 4) is 0 Å². The smallest absolute Gasteiger partial charge is 0.304 e. The van der Waals surface area contributed by atoms with E-state index >= 15 is 0 Å². The van der Waals surface area contributed by atoms with E-state index in [-0.39, 0.29) is 30.3 Å². The van der Waals surface area contributed by atoms with Gasteiger partial charge in [-0.05, 0) is 74.9 Å². The van der Waals surface area contributed by atoms with Crippen molar-refractivity contribution >= 4 is 35.1 Å². The van der Waals surface area contributed by atoms with Gasteiger partial charge in [0.15, 0.2) is 0 Å². The molecule has 5 nitrogen and oxygen atoms in total. The van der Waals surface area contributed by atoms with Gasteiger partial charge >= 0.3 is 5.97 Å². The Kier molecular flexibility index (Phi) is 8.56. The van der Waals surface area contributed by atoms with Crippen LogP contribution in [0.1, 0.15) is 82.9 Å². The van der Waals surface area contributed by atoms with Crippen molar-refractivity contribution in [2.45, 2.75) is 83.4 Å². The van der Waals surface area contributed by atoms with Crippen LogP contribution in [0.5, 0.6) is 0 Å². The average molecular weight is 520 g/mol. The number of benzene rings is 2. The molecule has 1 heterocycles. The molecule has 4 atom stereocenters. The Bertz CT molecular complexity index is 1050. The molecule has 35 heavy (non-hydrogen) atoms. The first-order valence-corrected chi connectivity index (χ1v) is 12.9. The zero-order chi connectivity index (χ0) is 26.0. The molecular formula is C28H35Cl2NO4. The summed E-state index contributed by atoms with van der Waals surface area (Å²) >= 11 is 12.6. The number of carboxylic acid groups (broad SMARTS) is 1. The quantitative estimate of drug-likeness (QED) is 0.379. The van der Waals surface area contributed by atoms with E-state index in [0.717, 1.165) is 11.1 Å². The van der Waals surface area contributed by atoms with Crippen LogP contribution in [0.2, 0.25) is 10.0 Å². The highest BCUT2D eigenvalue weighted by Gasteiger charge is 2.52. The number of nitrogens with zero attached hydrogens (tertiary/aromatic N) is 1. The van der Waals surface area contributed by atoms with Crippen molar-refractivity contribution in [2.24, 2.45) is 5.41 Å². The maximum Gasteiger partial charge on any atom is 0.304 e. The Morgan fingerprint density at radius 2 is 1.80 bits per heavy atom. The monoisotopic (exact) mass is 519 g/mol. The summed E-state index contributed by atoms with van der Waals surface area (Å²) in [7, 11) is 0. The van der Waals surface area contributed by atoms with Gasteiger partial charge in [-0.2, -0.15) is 0 Å². The molecule has 2 aromatic carbocycles. The molecule has 1 amide bonds. The first kappa shape index (κ1) is 27.5. The number of carbonyl (C=O) groups is 2. The number of likely N-dealkylation sites (tertiary alicyclic amines) is 1. The number of aliphatic carboxylic acids is 1. The lowest BCUT2D eigenvalue weighted by atomic mass is 9.67. The maximum absolute atomic E-state index is 14.2. The second-order valence-electron chi connectivity index (χ2n) is 10.6. The lowest BCUT2D eigenvalue weighted by molar-refractivity contribution is -0.161. The molecule has 1 aliphatic rings. The molecule has 1 aliphatic heterocycles. The van der Waals surface area contributed by atoms with Crippen LogP contribution in [0.3, 0.4) is 0 Å². The van der Waals surface area contributed by atoms with Crippen molar-refractivity contribution in [1.82, 2.24) is 4.90 Å². The lowest BCUT2D eigenvalue weighted by Gasteiger charge is -2.52. The van der Waals surface area contributed by atoms with Crippen LogP contribution >= 0.6 is 23.2 Å². The summed E-state index contributed by atoms with van der Waals surface area (Å²) in [5, 5.41) is 21.3. The summed E-state index contributed by atoms with van der Waals surface area (Å²) in [5.74, 6) is -1.34. The van der Waals surface area contributed by atoms with Gasteiger partial charge in [0.25, 0.3) is 0 Å². The highest BCUT2D eigenvalue weighted by atomic mass is 35.5. The number of hydrogen-bond acceptors (Lipinski definition) is 3. The van der Waals surface area contributed by atoms with E-state index in [2.05, 4.69) is 0 Å².